The molecule has 0 N–H and O–H groups in total. The molecule has 0 aromatic heterocycles. The van der Waals surface area contributed by atoms with E-state index in [4.69, 9.17) is 0 Å². The molecular formula is C7H8ClNO2. The molecule has 0 amide bonds. The third-order valence-corrected chi connectivity index (χ3v) is 1.32. The lowest BCUT2D eigenvalue weighted by Gasteiger charge is -2.05. The maximum Gasteiger partial charge on any atom is 0.256 e. The molecule has 1 unspecified atom stereocenters. The predicted octanol–water partition coefficient (Wildman–Crippen LogP) is 1.74. The van der Waals surface area contributed by atoms with Gasteiger partial charge in [-0.1, -0.05) is 24.8 Å². The Bertz CT molecular complexity index is 233. The average Bonchev–Trinajstić information content (AvgIpc) is 1.88. The molecule has 0 aliphatic heterocycles. The van der Waals surface area contributed by atoms with Gasteiger partial charge in [0.25, 0.3) is 6.04 Å². The van der Waals surface area contributed by atoms with Crippen LogP contribution in [0.4, 0.5) is 0 Å². The fourth-order valence-corrected chi connectivity index (χ4v) is 0.776. The number of halogens is 1. The number of hydrogen-bond acceptors (Lipinski definition) is 2. The predicted molar refractivity (Wildman–Crippen MR) is 45.5 cm³/mol. The van der Waals surface area contributed by atoms with Crippen molar-refractivity contribution in [1.29, 1.82) is 0 Å². The van der Waals surface area contributed by atoms with Crippen molar-refractivity contribution < 1.29 is 4.92 Å². The van der Waals surface area contributed by atoms with E-state index in [0.29, 0.717) is 5.57 Å². The van der Waals surface area contributed by atoms with Gasteiger partial charge in [-0.15, -0.1) is 12.4 Å². The molecule has 1 aliphatic rings. The van der Waals surface area contributed by atoms with Crippen molar-refractivity contribution in [2.75, 3.05) is 0 Å². The molecule has 4 heteroatoms. The van der Waals surface area contributed by atoms with E-state index in [2.05, 4.69) is 6.58 Å². The molecule has 1 rings (SSSR count). The van der Waals surface area contributed by atoms with Gasteiger partial charge in [0.2, 0.25) is 0 Å². The standard InChI is InChI=1S/C7H7NO2.ClH/c1-6-4-2-3-5-7(6)8(9)10;/h2-5,7H,1H2;1H. The van der Waals surface area contributed by atoms with E-state index in [1.807, 2.05) is 0 Å². The summed E-state index contributed by atoms with van der Waals surface area (Å²) in [4.78, 5) is 9.87. The monoisotopic (exact) mass is 173 g/mol. The fraction of sp³-hybridized carbons (Fsp3) is 0.143. The zero-order valence-electron chi connectivity index (χ0n) is 5.77. The number of nitrogens with zero attached hydrogens (tertiary/aromatic N) is 1. The Labute approximate surface area is 70.7 Å². The van der Waals surface area contributed by atoms with Crippen molar-refractivity contribution in [3.8, 4) is 0 Å². The zero-order chi connectivity index (χ0) is 7.56. The molecule has 60 valence electrons. The quantitative estimate of drug-likeness (QED) is 0.448. The Morgan fingerprint density at radius 3 is 2.55 bits per heavy atom. The topological polar surface area (TPSA) is 43.1 Å². The Balaban J connectivity index is 0.000001000. The summed E-state index contributed by atoms with van der Waals surface area (Å²) < 4.78 is 0. The minimum atomic E-state index is -0.718. The number of rotatable bonds is 1. The van der Waals surface area contributed by atoms with Crippen molar-refractivity contribution >= 4 is 12.4 Å². The molecule has 0 heterocycles. The van der Waals surface area contributed by atoms with Crippen molar-refractivity contribution in [2.45, 2.75) is 6.04 Å². The summed E-state index contributed by atoms with van der Waals surface area (Å²) >= 11 is 0. The molecule has 0 radical (unpaired) electrons. The van der Waals surface area contributed by atoms with Crippen LogP contribution in [-0.4, -0.2) is 11.0 Å². The van der Waals surface area contributed by atoms with Crippen LogP contribution >= 0.6 is 12.4 Å². The third kappa shape index (κ3) is 2.20. The highest BCUT2D eigenvalue weighted by molar-refractivity contribution is 5.85. The third-order valence-electron chi connectivity index (χ3n) is 1.32. The molecule has 0 fully saturated rings. The molecule has 11 heavy (non-hydrogen) atoms. The lowest BCUT2D eigenvalue weighted by atomic mass is 10.1. The molecular weight excluding hydrogens is 166 g/mol. The van der Waals surface area contributed by atoms with Gasteiger partial charge in [-0.05, 0) is 6.08 Å². The lowest BCUT2D eigenvalue weighted by molar-refractivity contribution is -0.498. The van der Waals surface area contributed by atoms with Gasteiger partial charge >= 0.3 is 0 Å². The van der Waals surface area contributed by atoms with Gasteiger partial charge in [0.05, 0.1) is 0 Å². The van der Waals surface area contributed by atoms with E-state index < -0.39 is 6.04 Å². The zero-order valence-corrected chi connectivity index (χ0v) is 6.58. The first-order chi connectivity index (χ1) is 4.72. The van der Waals surface area contributed by atoms with Crippen molar-refractivity contribution in [3.63, 3.8) is 0 Å². The average molecular weight is 174 g/mol. The van der Waals surface area contributed by atoms with Crippen LogP contribution in [-0.2, 0) is 0 Å². The smallest absolute Gasteiger partial charge is 0.256 e. The first-order valence-corrected chi connectivity index (χ1v) is 2.89. The Hall–Kier alpha value is -1.09. The maximum absolute atomic E-state index is 10.2. The molecule has 1 atom stereocenters. The summed E-state index contributed by atoms with van der Waals surface area (Å²) in [6, 6.07) is -0.718. The van der Waals surface area contributed by atoms with Gasteiger partial charge in [-0.25, -0.2) is 0 Å². The Kier molecular flexibility index (Phi) is 3.54. The van der Waals surface area contributed by atoms with Gasteiger partial charge in [0.15, 0.2) is 0 Å². The summed E-state index contributed by atoms with van der Waals surface area (Å²) in [5.74, 6) is 0. The van der Waals surface area contributed by atoms with Crippen LogP contribution in [0.5, 0.6) is 0 Å². The maximum atomic E-state index is 10.2. The normalized spacial score (nSPS) is 21.1. The summed E-state index contributed by atoms with van der Waals surface area (Å²) in [6.07, 6.45) is 6.56. The summed E-state index contributed by atoms with van der Waals surface area (Å²) in [5.41, 5.74) is 0.535. The molecule has 3 nitrogen and oxygen atoms in total. The minimum Gasteiger partial charge on any atom is -0.264 e. The molecule has 0 saturated heterocycles. The molecule has 0 bridgehead atoms. The number of nitro groups is 1. The largest absolute Gasteiger partial charge is 0.264 e. The van der Waals surface area contributed by atoms with Gasteiger partial charge in [0, 0.05) is 10.5 Å². The molecule has 0 saturated carbocycles. The van der Waals surface area contributed by atoms with Gasteiger partial charge in [0.1, 0.15) is 0 Å². The second-order valence-electron chi connectivity index (χ2n) is 2.05. The van der Waals surface area contributed by atoms with Gasteiger partial charge in [-0.3, -0.25) is 10.1 Å². The van der Waals surface area contributed by atoms with Crippen LogP contribution in [0.15, 0.2) is 36.5 Å². The van der Waals surface area contributed by atoms with Crippen molar-refractivity contribution in [1.82, 2.24) is 0 Å². The van der Waals surface area contributed by atoms with E-state index >= 15 is 0 Å². The van der Waals surface area contributed by atoms with Crippen LogP contribution < -0.4 is 0 Å². The Morgan fingerprint density at radius 1 is 1.55 bits per heavy atom. The van der Waals surface area contributed by atoms with E-state index in [1.54, 1.807) is 18.2 Å². The minimum absolute atomic E-state index is 0. The van der Waals surface area contributed by atoms with E-state index in [9.17, 15) is 10.1 Å². The van der Waals surface area contributed by atoms with E-state index in [1.165, 1.54) is 6.08 Å². The highest BCUT2D eigenvalue weighted by atomic mass is 35.5. The highest BCUT2D eigenvalue weighted by Gasteiger charge is 2.19. The SMILES string of the molecule is C=C1C=CC=CC1[N+](=O)[O-].Cl. The second kappa shape index (κ2) is 3.93. The fourth-order valence-electron chi connectivity index (χ4n) is 0.776. The highest BCUT2D eigenvalue weighted by Crippen LogP contribution is 2.11. The van der Waals surface area contributed by atoms with Crippen LogP contribution in [0.1, 0.15) is 0 Å². The van der Waals surface area contributed by atoms with Crippen LogP contribution in [0.2, 0.25) is 0 Å². The van der Waals surface area contributed by atoms with Gasteiger partial charge in [-0.2, -0.15) is 0 Å². The van der Waals surface area contributed by atoms with Crippen LogP contribution in [0.25, 0.3) is 0 Å². The van der Waals surface area contributed by atoms with Crippen LogP contribution in [0, 0.1) is 10.1 Å². The molecule has 0 aromatic carbocycles. The number of allylic oxidation sites excluding steroid dienone is 2. The van der Waals surface area contributed by atoms with Crippen molar-refractivity contribution in [2.24, 2.45) is 0 Å². The molecule has 0 spiro atoms. The molecule has 0 aromatic rings. The lowest BCUT2D eigenvalue weighted by Crippen LogP contribution is -2.18. The van der Waals surface area contributed by atoms with E-state index in [-0.39, 0.29) is 17.3 Å². The molecule has 1 aliphatic carbocycles. The van der Waals surface area contributed by atoms with Gasteiger partial charge < -0.3 is 0 Å². The second-order valence-corrected chi connectivity index (χ2v) is 2.05. The van der Waals surface area contributed by atoms with Crippen molar-refractivity contribution in [3.05, 3.63) is 46.6 Å². The first-order valence-electron chi connectivity index (χ1n) is 2.89. The van der Waals surface area contributed by atoms with Crippen LogP contribution in [0.3, 0.4) is 0 Å². The van der Waals surface area contributed by atoms with E-state index in [0.717, 1.165) is 0 Å². The number of hydrogen-bond donors (Lipinski definition) is 0. The summed E-state index contributed by atoms with van der Waals surface area (Å²) in [5, 5.41) is 10.2. The Morgan fingerprint density at radius 2 is 2.18 bits per heavy atom. The first kappa shape index (κ1) is 9.91. The summed E-state index contributed by atoms with van der Waals surface area (Å²) in [7, 11) is 0. The summed E-state index contributed by atoms with van der Waals surface area (Å²) in [6.45, 7) is 3.54.